The summed E-state index contributed by atoms with van der Waals surface area (Å²) in [6.07, 6.45) is -3.55. The number of benzene rings is 1. The van der Waals surface area contributed by atoms with E-state index in [1.807, 2.05) is 11.0 Å². The molecule has 2 aromatic rings. The Bertz CT molecular complexity index is 871. The summed E-state index contributed by atoms with van der Waals surface area (Å²) in [5.74, 6) is -1.53. The van der Waals surface area contributed by atoms with Crippen LogP contribution in [-0.4, -0.2) is 59.1 Å². The predicted octanol–water partition coefficient (Wildman–Crippen LogP) is 3.26. The molecule has 0 radical (unpaired) electrons. The molecule has 2 unspecified atom stereocenters. The van der Waals surface area contributed by atoms with Crippen LogP contribution < -0.4 is 0 Å². The van der Waals surface area contributed by atoms with Gasteiger partial charge in [-0.05, 0) is 41.7 Å². The van der Waals surface area contributed by atoms with E-state index in [2.05, 4.69) is 4.90 Å². The summed E-state index contributed by atoms with van der Waals surface area (Å²) < 4.78 is 50.2. The number of furan rings is 1. The number of likely N-dealkylation sites (tertiary alicyclic amines) is 2. The van der Waals surface area contributed by atoms with Gasteiger partial charge in [-0.3, -0.25) is 9.69 Å². The van der Waals surface area contributed by atoms with Crippen LogP contribution in [0, 0.1) is 17.7 Å². The average molecular weight is 428 g/mol. The summed E-state index contributed by atoms with van der Waals surface area (Å²) >= 11 is 0. The van der Waals surface area contributed by atoms with E-state index in [1.165, 1.54) is 12.3 Å². The van der Waals surface area contributed by atoms with Gasteiger partial charge in [0, 0.05) is 32.7 Å². The van der Waals surface area contributed by atoms with Crippen LogP contribution in [0.15, 0.2) is 47.1 Å². The van der Waals surface area contributed by atoms with Crippen molar-refractivity contribution < 1.29 is 36.7 Å². The molecule has 0 saturated carbocycles. The van der Waals surface area contributed by atoms with E-state index in [0.29, 0.717) is 17.6 Å². The number of carboxylic acid groups (broad SMARTS) is 1. The van der Waals surface area contributed by atoms with E-state index in [1.54, 1.807) is 24.3 Å². The molecule has 1 aromatic carbocycles. The fraction of sp³-hybridized carbons (Fsp3) is 0.400. The van der Waals surface area contributed by atoms with Crippen molar-refractivity contribution in [2.24, 2.45) is 11.8 Å². The molecule has 3 heterocycles. The van der Waals surface area contributed by atoms with Crippen LogP contribution in [0.25, 0.3) is 0 Å². The number of hydrogen-bond acceptors (Lipinski definition) is 4. The summed E-state index contributed by atoms with van der Waals surface area (Å²) in [5, 5.41) is 7.12. The zero-order chi connectivity index (χ0) is 21.9. The highest BCUT2D eigenvalue weighted by Gasteiger charge is 2.42. The predicted molar refractivity (Wildman–Crippen MR) is 97.0 cm³/mol. The first-order valence-electron chi connectivity index (χ1n) is 9.23. The van der Waals surface area contributed by atoms with Gasteiger partial charge in [-0.15, -0.1) is 0 Å². The lowest BCUT2D eigenvalue weighted by Gasteiger charge is -2.21. The van der Waals surface area contributed by atoms with Crippen molar-refractivity contribution in [3.05, 3.63) is 59.8 Å². The lowest BCUT2D eigenvalue weighted by atomic mass is 10.0. The molecule has 0 spiro atoms. The number of carbonyl (C=O) groups excluding carboxylic acids is 1. The van der Waals surface area contributed by atoms with Crippen molar-refractivity contribution in [1.29, 1.82) is 0 Å². The smallest absolute Gasteiger partial charge is 0.475 e. The van der Waals surface area contributed by atoms with Gasteiger partial charge in [0.2, 0.25) is 0 Å². The second-order valence-corrected chi connectivity index (χ2v) is 7.33. The fourth-order valence-corrected chi connectivity index (χ4v) is 3.83. The summed E-state index contributed by atoms with van der Waals surface area (Å²) in [6, 6.07) is 10.2. The quantitative estimate of drug-likeness (QED) is 0.760. The largest absolute Gasteiger partial charge is 0.490 e. The number of alkyl halides is 3. The van der Waals surface area contributed by atoms with Crippen molar-refractivity contribution in [1.82, 2.24) is 9.80 Å². The number of hydrogen-bond donors (Lipinski definition) is 1. The molecule has 0 aliphatic carbocycles. The van der Waals surface area contributed by atoms with E-state index >= 15 is 0 Å². The van der Waals surface area contributed by atoms with Gasteiger partial charge in [-0.25, -0.2) is 9.18 Å². The van der Waals surface area contributed by atoms with Crippen molar-refractivity contribution in [3.63, 3.8) is 0 Å². The molecule has 2 atom stereocenters. The second kappa shape index (κ2) is 8.86. The highest BCUT2D eigenvalue weighted by atomic mass is 19.4. The minimum absolute atomic E-state index is 0.0129. The number of aliphatic carboxylic acids is 1. The van der Waals surface area contributed by atoms with Gasteiger partial charge >= 0.3 is 12.1 Å². The molecule has 6 nitrogen and oxygen atoms in total. The molecule has 10 heteroatoms. The topological polar surface area (TPSA) is 74.0 Å². The van der Waals surface area contributed by atoms with Gasteiger partial charge in [0.15, 0.2) is 5.76 Å². The molecule has 1 N–H and O–H groups in total. The Hall–Kier alpha value is -2.88. The lowest BCUT2D eigenvalue weighted by Crippen LogP contribution is -2.32. The van der Waals surface area contributed by atoms with Crippen molar-refractivity contribution in [2.75, 3.05) is 26.2 Å². The van der Waals surface area contributed by atoms with Gasteiger partial charge in [0.25, 0.3) is 5.91 Å². The van der Waals surface area contributed by atoms with Crippen LogP contribution in [0.5, 0.6) is 0 Å². The average Bonchev–Trinajstić information content (AvgIpc) is 3.37. The molecule has 30 heavy (non-hydrogen) atoms. The minimum Gasteiger partial charge on any atom is -0.475 e. The maximum absolute atomic E-state index is 13.3. The van der Waals surface area contributed by atoms with Crippen LogP contribution in [0.3, 0.4) is 0 Å². The van der Waals surface area contributed by atoms with Gasteiger partial charge < -0.3 is 14.4 Å². The fourth-order valence-electron chi connectivity index (χ4n) is 3.83. The minimum atomic E-state index is -5.08. The zero-order valence-electron chi connectivity index (χ0n) is 15.8. The van der Waals surface area contributed by atoms with Crippen LogP contribution in [0.1, 0.15) is 16.1 Å². The number of halogens is 4. The van der Waals surface area contributed by atoms with E-state index in [4.69, 9.17) is 14.3 Å². The van der Waals surface area contributed by atoms with E-state index in [-0.39, 0.29) is 11.7 Å². The third kappa shape index (κ3) is 5.38. The molecule has 162 valence electrons. The number of rotatable bonds is 3. The lowest BCUT2D eigenvalue weighted by molar-refractivity contribution is -0.192. The number of carbonyl (C=O) groups is 2. The molecular weight excluding hydrogens is 408 g/mol. The number of nitrogens with zero attached hydrogens (tertiary/aromatic N) is 2. The Balaban J connectivity index is 0.000000318. The Morgan fingerprint density at radius 2 is 1.70 bits per heavy atom. The molecule has 4 rings (SSSR count). The Morgan fingerprint density at radius 3 is 2.20 bits per heavy atom. The summed E-state index contributed by atoms with van der Waals surface area (Å²) in [4.78, 5) is 25.5. The van der Waals surface area contributed by atoms with Gasteiger partial charge in [-0.1, -0.05) is 12.1 Å². The SMILES string of the molecule is O=C(O)C(F)(F)F.O=C(c1ccco1)N1CC2CN(Cc3cccc(F)c3)CC2C1. The van der Waals surface area contributed by atoms with Crippen LogP contribution in [-0.2, 0) is 11.3 Å². The van der Waals surface area contributed by atoms with Crippen molar-refractivity contribution in [3.8, 4) is 0 Å². The summed E-state index contributed by atoms with van der Waals surface area (Å²) in [6.45, 7) is 4.26. The first-order chi connectivity index (χ1) is 14.1. The first-order valence-corrected chi connectivity index (χ1v) is 9.23. The third-order valence-electron chi connectivity index (χ3n) is 5.12. The van der Waals surface area contributed by atoms with Crippen LogP contribution in [0.4, 0.5) is 17.6 Å². The molecule has 2 aliphatic rings. The Labute approximate surface area is 169 Å². The number of fused-ring (bicyclic) bond motifs is 1. The Kier molecular flexibility index (Phi) is 6.45. The van der Waals surface area contributed by atoms with Gasteiger partial charge in [-0.2, -0.15) is 13.2 Å². The van der Waals surface area contributed by atoms with Crippen LogP contribution in [0.2, 0.25) is 0 Å². The third-order valence-corrected chi connectivity index (χ3v) is 5.12. The summed E-state index contributed by atoms with van der Waals surface area (Å²) in [5.41, 5.74) is 1.01. The first kappa shape index (κ1) is 21.8. The van der Waals surface area contributed by atoms with Gasteiger partial charge in [0.1, 0.15) is 5.82 Å². The zero-order valence-corrected chi connectivity index (χ0v) is 15.8. The van der Waals surface area contributed by atoms with Gasteiger partial charge in [0.05, 0.1) is 6.26 Å². The number of carboxylic acids is 1. The van der Waals surface area contributed by atoms with E-state index in [9.17, 15) is 22.4 Å². The summed E-state index contributed by atoms with van der Waals surface area (Å²) in [7, 11) is 0. The molecular formula is C20H20F4N2O4. The van der Waals surface area contributed by atoms with E-state index in [0.717, 1.165) is 38.3 Å². The Morgan fingerprint density at radius 1 is 1.07 bits per heavy atom. The van der Waals surface area contributed by atoms with Crippen LogP contribution >= 0.6 is 0 Å². The maximum Gasteiger partial charge on any atom is 0.490 e. The highest BCUT2D eigenvalue weighted by molar-refractivity contribution is 5.91. The highest BCUT2D eigenvalue weighted by Crippen LogP contribution is 2.32. The molecule has 2 aliphatic heterocycles. The van der Waals surface area contributed by atoms with Crippen molar-refractivity contribution >= 4 is 11.9 Å². The molecule has 1 aromatic heterocycles. The second-order valence-electron chi connectivity index (χ2n) is 7.33. The number of amides is 1. The molecule has 0 bridgehead atoms. The molecule has 2 saturated heterocycles. The molecule has 2 fully saturated rings. The molecule has 1 amide bonds. The van der Waals surface area contributed by atoms with E-state index < -0.39 is 12.1 Å². The van der Waals surface area contributed by atoms with Crippen molar-refractivity contribution in [2.45, 2.75) is 12.7 Å². The standard InChI is InChI=1S/C18H19FN2O2.C2HF3O2/c19-16-4-1-3-13(7-16)8-20-9-14-11-21(12-15(14)10-20)18(22)17-5-2-6-23-17;3-2(4,5)1(6)7/h1-7,14-15H,8-12H2;(H,6,7). The maximum atomic E-state index is 13.3. The monoisotopic (exact) mass is 428 g/mol. The normalized spacial score (nSPS) is 21.1.